The lowest BCUT2D eigenvalue weighted by atomic mass is 10.2. The number of hydrogen-bond donors (Lipinski definition) is 1. The fraction of sp³-hybridized carbons (Fsp3) is 0.0714. The van der Waals surface area contributed by atoms with E-state index in [1.165, 1.54) is 6.07 Å². The van der Waals surface area contributed by atoms with Crippen LogP contribution in [0.15, 0.2) is 35.1 Å². The number of nitrogens with zero attached hydrogens (tertiary/aromatic N) is 2. The summed E-state index contributed by atoms with van der Waals surface area (Å²) in [5, 5.41) is 9.85. The quantitative estimate of drug-likeness (QED) is 0.731. The first-order chi connectivity index (χ1) is 10.0. The van der Waals surface area contributed by atoms with E-state index in [4.69, 9.17) is 11.6 Å². The minimum absolute atomic E-state index is 0.259. The van der Waals surface area contributed by atoms with Gasteiger partial charge in [0.2, 0.25) is 0 Å². The first-order valence-electron chi connectivity index (χ1n) is 5.94. The molecular formula is C14H8BrClF2N2O. The van der Waals surface area contributed by atoms with Gasteiger partial charge in [-0.1, -0.05) is 11.6 Å². The molecule has 0 aliphatic rings. The summed E-state index contributed by atoms with van der Waals surface area (Å²) in [6.07, 6.45) is 1.66. The Morgan fingerprint density at radius 2 is 2.00 bits per heavy atom. The van der Waals surface area contributed by atoms with Gasteiger partial charge in [-0.3, -0.25) is 4.40 Å². The number of rotatable bonds is 2. The predicted molar refractivity (Wildman–Crippen MR) is 79.2 cm³/mol. The molecule has 0 aliphatic heterocycles. The van der Waals surface area contributed by atoms with Gasteiger partial charge in [0.25, 0.3) is 0 Å². The van der Waals surface area contributed by atoms with E-state index in [-0.39, 0.29) is 6.61 Å². The molecule has 3 rings (SSSR count). The van der Waals surface area contributed by atoms with Crippen LogP contribution in [0.2, 0.25) is 5.02 Å². The second-order valence-corrected chi connectivity index (χ2v) is 5.53. The Morgan fingerprint density at radius 3 is 2.67 bits per heavy atom. The second-order valence-electron chi connectivity index (χ2n) is 4.37. The van der Waals surface area contributed by atoms with Gasteiger partial charge in [0, 0.05) is 22.3 Å². The van der Waals surface area contributed by atoms with Crippen molar-refractivity contribution in [2.45, 2.75) is 6.61 Å². The van der Waals surface area contributed by atoms with Crippen molar-refractivity contribution in [2.24, 2.45) is 0 Å². The minimum atomic E-state index is -0.947. The van der Waals surface area contributed by atoms with Crippen molar-refractivity contribution in [2.75, 3.05) is 0 Å². The Balaban J connectivity index is 2.32. The number of benzene rings is 1. The average molecular weight is 374 g/mol. The van der Waals surface area contributed by atoms with E-state index in [9.17, 15) is 13.9 Å². The molecule has 21 heavy (non-hydrogen) atoms. The molecule has 0 radical (unpaired) electrons. The Labute approximate surface area is 131 Å². The van der Waals surface area contributed by atoms with E-state index in [0.29, 0.717) is 32.1 Å². The lowest BCUT2D eigenvalue weighted by molar-refractivity contribution is 0.283. The molecule has 1 N–H and O–H groups in total. The molecule has 0 saturated carbocycles. The first-order valence-corrected chi connectivity index (χ1v) is 7.11. The molecule has 0 bridgehead atoms. The van der Waals surface area contributed by atoms with Gasteiger partial charge >= 0.3 is 0 Å². The molecule has 0 amide bonds. The zero-order valence-electron chi connectivity index (χ0n) is 10.4. The normalized spacial score (nSPS) is 11.3. The summed E-state index contributed by atoms with van der Waals surface area (Å²) in [5.41, 5.74) is 1.51. The van der Waals surface area contributed by atoms with E-state index in [1.54, 1.807) is 16.7 Å². The van der Waals surface area contributed by atoms with Gasteiger partial charge < -0.3 is 5.11 Å². The summed E-state index contributed by atoms with van der Waals surface area (Å²) >= 11 is 9.35. The van der Waals surface area contributed by atoms with Crippen LogP contribution in [0.25, 0.3) is 16.9 Å². The fourth-order valence-electron chi connectivity index (χ4n) is 2.16. The molecule has 0 atom stereocenters. The standard InChI is InChI=1S/C14H8BrClF2N2O/c15-13-12-8(6-21)9(16)3-4-20(12)14(19-13)7-1-2-10(17)11(18)5-7/h1-5,21H,6H2. The maximum Gasteiger partial charge on any atom is 0.159 e. The molecular weight excluding hydrogens is 366 g/mol. The van der Waals surface area contributed by atoms with Gasteiger partial charge in [0.1, 0.15) is 10.4 Å². The third-order valence-electron chi connectivity index (χ3n) is 3.15. The zero-order valence-corrected chi connectivity index (χ0v) is 12.8. The maximum absolute atomic E-state index is 13.4. The van der Waals surface area contributed by atoms with Crippen LogP contribution in [0, 0.1) is 11.6 Å². The highest BCUT2D eigenvalue weighted by Gasteiger charge is 2.17. The molecule has 108 valence electrons. The first kappa shape index (κ1) is 14.4. The summed E-state index contributed by atoms with van der Waals surface area (Å²) in [5.74, 6) is -1.45. The van der Waals surface area contributed by atoms with Crippen LogP contribution in [0.3, 0.4) is 0 Å². The second kappa shape index (κ2) is 5.36. The number of pyridine rings is 1. The maximum atomic E-state index is 13.4. The summed E-state index contributed by atoms with van der Waals surface area (Å²) in [4.78, 5) is 4.30. The molecule has 7 heteroatoms. The number of aliphatic hydroxyl groups excluding tert-OH is 1. The highest BCUT2D eigenvalue weighted by Crippen LogP contribution is 2.32. The molecule has 2 aromatic heterocycles. The number of aliphatic hydroxyl groups is 1. The third-order valence-corrected chi connectivity index (χ3v) is 4.06. The molecule has 3 aromatic rings. The van der Waals surface area contributed by atoms with Crippen LogP contribution in [0.5, 0.6) is 0 Å². The average Bonchev–Trinajstić information content (AvgIpc) is 2.79. The van der Waals surface area contributed by atoms with Crippen LogP contribution in [-0.4, -0.2) is 14.5 Å². The minimum Gasteiger partial charge on any atom is -0.392 e. The molecule has 2 heterocycles. The number of halogens is 4. The smallest absolute Gasteiger partial charge is 0.159 e. The van der Waals surface area contributed by atoms with Crippen molar-refractivity contribution in [3.63, 3.8) is 0 Å². The molecule has 0 spiro atoms. The van der Waals surface area contributed by atoms with Crippen molar-refractivity contribution >= 4 is 33.0 Å². The Morgan fingerprint density at radius 1 is 1.24 bits per heavy atom. The van der Waals surface area contributed by atoms with Gasteiger partial charge in [-0.25, -0.2) is 13.8 Å². The van der Waals surface area contributed by atoms with E-state index >= 15 is 0 Å². The number of imidazole rings is 1. The lowest BCUT2D eigenvalue weighted by Crippen LogP contribution is -1.95. The van der Waals surface area contributed by atoms with E-state index in [2.05, 4.69) is 20.9 Å². The summed E-state index contributed by atoms with van der Waals surface area (Å²) in [6.45, 7) is -0.259. The van der Waals surface area contributed by atoms with Gasteiger partial charge in [0.15, 0.2) is 11.6 Å². The number of hydrogen-bond acceptors (Lipinski definition) is 2. The molecule has 0 unspecified atom stereocenters. The van der Waals surface area contributed by atoms with Crippen LogP contribution in [-0.2, 0) is 6.61 Å². The summed E-state index contributed by atoms with van der Waals surface area (Å²) in [7, 11) is 0. The highest BCUT2D eigenvalue weighted by molar-refractivity contribution is 9.10. The van der Waals surface area contributed by atoms with Crippen molar-refractivity contribution in [1.82, 2.24) is 9.38 Å². The fourth-order valence-corrected chi connectivity index (χ4v) is 2.97. The van der Waals surface area contributed by atoms with Crippen LogP contribution in [0.1, 0.15) is 5.56 Å². The number of fused-ring (bicyclic) bond motifs is 1. The molecule has 0 aliphatic carbocycles. The van der Waals surface area contributed by atoms with Gasteiger partial charge in [-0.05, 0) is 40.2 Å². The monoisotopic (exact) mass is 372 g/mol. The van der Waals surface area contributed by atoms with Crippen LogP contribution >= 0.6 is 27.5 Å². The summed E-state index contributed by atoms with van der Waals surface area (Å²) in [6, 6.07) is 5.16. The molecule has 3 nitrogen and oxygen atoms in total. The predicted octanol–water partition coefficient (Wildman–Crippen LogP) is 4.19. The van der Waals surface area contributed by atoms with E-state index in [1.807, 2.05) is 0 Å². The lowest BCUT2D eigenvalue weighted by Gasteiger charge is -2.06. The van der Waals surface area contributed by atoms with Crippen molar-refractivity contribution < 1.29 is 13.9 Å². The molecule has 0 saturated heterocycles. The Hall–Kier alpha value is -1.50. The highest BCUT2D eigenvalue weighted by atomic mass is 79.9. The molecule has 0 fully saturated rings. The van der Waals surface area contributed by atoms with Crippen molar-refractivity contribution in [3.8, 4) is 11.4 Å². The van der Waals surface area contributed by atoms with Crippen LogP contribution in [0.4, 0.5) is 8.78 Å². The van der Waals surface area contributed by atoms with Crippen molar-refractivity contribution in [3.05, 3.63) is 57.3 Å². The Bertz CT molecular complexity index is 851. The SMILES string of the molecule is OCc1c(Cl)ccn2c(-c3ccc(F)c(F)c3)nc(Br)c12. The van der Waals surface area contributed by atoms with Crippen LogP contribution < -0.4 is 0 Å². The Kier molecular flexibility index (Phi) is 3.69. The zero-order chi connectivity index (χ0) is 15.1. The van der Waals surface area contributed by atoms with Crippen molar-refractivity contribution in [1.29, 1.82) is 0 Å². The van der Waals surface area contributed by atoms with Gasteiger partial charge in [0.05, 0.1) is 12.1 Å². The largest absolute Gasteiger partial charge is 0.392 e. The van der Waals surface area contributed by atoms with E-state index in [0.717, 1.165) is 12.1 Å². The summed E-state index contributed by atoms with van der Waals surface area (Å²) < 4.78 is 28.6. The van der Waals surface area contributed by atoms with Gasteiger partial charge in [-0.15, -0.1) is 0 Å². The number of aromatic nitrogens is 2. The third kappa shape index (κ3) is 2.33. The molecule has 1 aromatic carbocycles. The topological polar surface area (TPSA) is 37.5 Å². The van der Waals surface area contributed by atoms with Gasteiger partial charge in [-0.2, -0.15) is 0 Å². The van der Waals surface area contributed by atoms with E-state index < -0.39 is 11.6 Å².